The first-order chi connectivity index (χ1) is 10.1. The van der Waals surface area contributed by atoms with Crippen LogP contribution >= 0.6 is 0 Å². The highest BCUT2D eigenvalue weighted by atomic mass is 16.2. The molecule has 0 unspecified atom stereocenters. The fourth-order valence-corrected chi connectivity index (χ4v) is 2.35. The minimum atomic E-state index is -0.358. The van der Waals surface area contributed by atoms with Gasteiger partial charge in [0.2, 0.25) is 11.8 Å². The molecule has 3 rings (SSSR count). The smallest absolute Gasteiger partial charge is 0.269 e. The summed E-state index contributed by atoms with van der Waals surface area (Å²) in [6, 6.07) is 6.81. The van der Waals surface area contributed by atoms with Crippen LogP contribution in [0.2, 0.25) is 0 Å². The maximum atomic E-state index is 11.9. The fourth-order valence-electron chi connectivity index (χ4n) is 2.35. The average Bonchev–Trinajstić information content (AvgIpc) is 3.27. The van der Waals surface area contributed by atoms with Crippen LogP contribution in [-0.4, -0.2) is 24.3 Å². The molecular formula is C15H17N3O3. The molecule has 6 nitrogen and oxygen atoms in total. The van der Waals surface area contributed by atoms with Gasteiger partial charge in [0, 0.05) is 30.1 Å². The van der Waals surface area contributed by atoms with Gasteiger partial charge in [-0.25, -0.2) is 0 Å². The number of hydrogen-bond acceptors (Lipinski definition) is 3. The van der Waals surface area contributed by atoms with Crippen molar-refractivity contribution < 1.29 is 14.4 Å². The van der Waals surface area contributed by atoms with Gasteiger partial charge in [-0.1, -0.05) is 0 Å². The topological polar surface area (TPSA) is 78.5 Å². The predicted molar refractivity (Wildman–Crippen MR) is 76.4 cm³/mol. The molecule has 2 N–H and O–H groups in total. The van der Waals surface area contributed by atoms with Crippen molar-refractivity contribution >= 4 is 23.4 Å². The average molecular weight is 287 g/mol. The maximum Gasteiger partial charge on any atom is 0.269 e. The van der Waals surface area contributed by atoms with Gasteiger partial charge in [0.1, 0.15) is 0 Å². The third kappa shape index (κ3) is 3.04. The molecule has 0 aromatic heterocycles. The minimum Gasteiger partial charge on any atom is -0.312 e. The largest absolute Gasteiger partial charge is 0.312 e. The normalized spacial score (nSPS) is 17.7. The number of nitrogens with zero attached hydrogens (tertiary/aromatic N) is 1. The summed E-state index contributed by atoms with van der Waals surface area (Å²) in [5.41, 5.74) is 6.06. The van der Waals surface area contributed by atoms with E-state index in [4.69, 9.17) is 0 Å². The van der Waals surface area contributed by atoms with Crippen molar-refractivity contribution in [3.8, 4) is 0 Å². The first kappa shape index (κ1) is 13.6. The zero-order valence-corrected chi connectivity index (χ0v) is 11.6. The Morgan fingerprint density at radius 2 is 1.81 bits per heavy atom. The van der Waals surface area contributed by atoms with Crippen LogP contribution in [0.5, 0.6) is 0 Å². The van der Waals surface area contributed by atoms with E-state index < -0.39 is 0 Å². The van der Waals surface area contributed by atoms with Crippen molar-refractivity contribution in [3.05, 3.63) is 29.8 Å². The number of hydrazine groups is 1. The molecule has 1 aromatic carbocycles. The maximum absolute atomic E-state index is 11.9. The Bertz CT molecular complexity index is 578. The highest BCUT2D eigenvalue weighted by Gasteiger charge is 2.29. The summed E-state index contributed by atoms with van der Waals surface area (Å²) >= 11 is 0. The van der Waals surface area contributed by atoms with E-state index in [1.165, 1.54) is 0 Å². The number of carbonyl (C=O) groups is 3. The molecule has 1 aliphatic carbocycles. The molecule has 1 saturated carbocycles. The summed E-state index contributed by atoms with van der Waals surface area (Å²) < 4.78 is 0. The second kappa shape index (κ2) is 5.55. The summed E-state index contributed by atoms with van der Waals surface area (Å²) in [6.07, 6.45) is 3.23. The van der Waals surface area contributed by atoms with Crippen LogP contribution in [0.3, 0.4) is 0 Å². The van der Waals surface area contributed by atoms with E-state index in [0.717, 1.165) is 31.5 Å². The van der Waals surface area contributed by atoms with Crippen molar-refractivity contribution in [2.75, 3.05) is 11.4 Å². The second-order valence-electron chi connectivity index (χ2n) is 5.41. The van der Waals surface area contributed by atoms with Crippen LogP contribution in [-0.2, 0) is 9.59 Å². The molecule has 1 heterocycles. The zero-order valence-electron chi connectivity index (χ0n) is 11.6. The number of nitrogens with one attached hydrogen (secondary N) is 2. The van der Waals surface area contributed by atoms with Crippen molar-refractivity contribution in [1.82, 2.24) is 10.9 Å². The first-order valence-electron chi connectivity index (χ1n) is 7.16. The summed E-state index contributed by atoms with van der Waals surface area (Å²) in [6.45, 7) is 0.724. The van der Waals surface area contributed by atoms with E-state index in [9.17, 15) is 14.4 Å². The van der Waals surface area contributed by atoms with Crippen LogP contribution in [0.25, 0.3) is 0 Å². The lowest BCUT2D eigenvalue weighted by molar-refractivity contribution is -0.123. The Kier molecular flexibility index (Phi) is 3.60. The van der Waals surface area contributed by atoms with Gasteiger partial charge >= 0.3 is 0 Å². The van der Waals surface area contributed by atoms with Gasteiger partial charge in [-0.2, -0.15) is 0 Å². The molecule has 21 heavy (non-hydrogen) atoms. The third-order valence-electron chi connectivity index (χ3n) is 3.76. The van der Waals surface area contributed by atoms with Gasteiger partial charge in [0.05, 0.1) is 0 Å². The molecule has 3 amide bonds. The first-order valence-corrected chi connectivity index (χ1v) is 7.16. The zero-order chi connectivity index (χ0) is 14.8. The van der Waals surface area contributed by atoms with Crippen molar-refractivity contribution in [2.45, 2.75) is 25.7 Å². The molecule has 0 spiro atoms. The van der Waals surface area contributed by atoms with Gasteiger partial charge in [0.15, 0.2) is 0 Å². The molecule has 1 saturated heterocycles. The highest BCUT2D eigenvalue weighted by molar-refractivity contribution is 5.98. The van der Waals surface area contributed by atoms with Gasteiger partial charge < -0.3 is 4.90 Å². The third-order valence-corrected chi connectivity index (χ3v) is 3.76. The number of benzene rings is 1. The van der Waals surface area contributed by atoms with Gasteiger partial charge in [0.25, 0.3) is 5.91 Å². The standard InChI is InChI=1S/C15H17N3O3/c19-13-2-1-9-18(13)12-7-5-11(6-8-12)15(21)17-16-14(20)10-3-4-10/h5-8,10H,1-4,9H2,(H,16,20)(H,17,21). The lowest BCUT2D eigenvalue weighted by atomic mass is 10.2. The Hall–Kier alpha value is -2.37. The number of anilines is 1. The predicted octanol–water partition coefficient (Wildman–Crippen LogP) is 0.984. The van der Waals surface area contributed by atoms with E-state index in [1.54, 1.807) is 29.2 Å². The second-order valence-corrected chi connectivity index (χ2v) is 5.41. The molecular weight excluding hydrogens is 270 g/mol. The van der Waals surface area contributed by atoms with Gasteiger partial charge in [-0.15, -0.1) is 0 Å². The molecule has 1 aromatic rings. The summed E-state index contributed by atoms with van der Waals surface area (Å²) in [4.78, 5) is 36.7. The van der Waals surface area contributed by atoms with Crippen LogP contribution < -0.4 is 15.8 Å². The molecule has 6 heteroatoms. The molecule has 2 aliphatic rings. The number of hydrogen-bond donors (Lipinski definition) is 2. The molecule has 0 bridgehead atoms. The van der Waals surface area contributed by atoms with E-state index in [-0.39, 0.29) is 23.6 Å². The Labute approximate surface area is 122 Å². The highest BCUT2D eigenvalue weighted by Crippen LogP contribution is 2.28. The fraction of sp³-hybridized carbons (Fsp3) is 0.400. The Morgan fingerprint density at radius 1 is 1.10 bits per heavy atom. The van der Waals surface area contributed by atoms with Crippen LogP contribution in [0, 0.1) is 5.92 Å². The van der Waals surface area contributed by atoms with Crippen LogP contribution in [0.4, 0.5) is 5.69 Å². The Balaban J connectivity index is 1.59. The summed E-state index contributed by atoms with van der Waals surface area (Å²) in [7, 11) is 0. The summed E-state index contributed by atoms with van der Waals surface area (Å²) in [5, 5.41) is 0. The van der Waals surface area contributed by atoms with E-state index in [0.29, 0.717) is 12.0 Å². The molecule has 1 aliphatic heterocycles. The number of amides is 3. The summed E-state index contributed by atoms with van der Waals surface area (Å²) in [5.74, 6) is -0.330. The molecule has 2 fully saturated rings. The van der Waals surface area contributed by atoms with Gasteiger partial charge in [-0.3, -0.25) is 25.2 Å². The monoisotopic (exact) mass is 287 g/mol. The molecule has 0 atom stereocenters. The van der Waals surface area contributed by atoms with E-state index >= 15 is 0 Å². The van der Waals surface area contributed by atoms with Crippen LogP contribution in [0.15, 0.2) is 24.3 Å². The SMILES string of the molecule is O=C(NNC(=O)C1CC1)c1ccc(N2CCCC2=O)cc1. The van der Waals surface area contributed by atoms with Crippen LogP contribution in [0.1, 0.15) is 36.0 Å². The van der Waals surface area contributed by atoms with Crippen molar-refractivity contribution in [2.24, 2.45) is 5.92 Å². The minimum absolute atomic E-state index is 0.0499. The van der Waals surface area contributed by atoms with Crippen molar-refractivity contribution in [3.63, 3.8) is 0 Å². The molecule has 0 radical (unpaired) electrons. The quantitative estimate of drug-likeness (QED) is 0.814. The van der Waals surface area contributed by atoms with E-state index in [1.807, 2.05) is 0 Å². The van der Waals surface area contributed by atoms with E-state index in [2.05, 4.69) is 10.9 Å². The Morgan fingerprint density at radius 3 is 2.38 bits per heavy atom. The molecule has 110 valence electrons. The number of rotatable bonds is 3. The number of carbonyl (C=O) groups excluding carboxylic acids is 3. The van der Waals surface area contributed by atoms with Gasteiger partial charge in [-0.05, 0) is 43.5 Å². The lowest BCUT2D eigenvalue weighted by Crippen LogP contribution is -2.42. The lowest BCUT2D eigenvalue weighted by Gasteiger charge is -2.15. The van der Waals surface area contributed by atoms with Crippen molar-refractivity contribution in [1.29, 1.82) is 0 Å².